The number of rotatable bonds is 5. The maximum atomic E-state index is 6.13. The third-order valence-electron chi connectivity index (χ3n) is 2.67. The second-order valence-corrected chi connectivity index (χ2v) is 5.28. The minimum absolute atomic E-state index is 0.263. The van der Waals surface area contributed by atoms with Crippen molar-refractivity contribution in [2.24, 2.45) is 5.73 Å². The summed E-state index contributed by atoms with van der Waals surface area (Å²) in [7, 11) is 0. The fraction of sp³-hybridized carbons (Fsp3) is 0.667. The highest BCUT2D eigenvalue weighted by atomic mass is 32.1. The molecule has 1 nitrogen and oxygen atoms in total. The van der Waals surface area contributed by atoms with Crippen LogP contribution in [0.1, 0.15) is 54.0 Å². The lowest BCUT2D eigenvalue weighted by Crippen LogP contribution is -2.08. The van der Waals surface area contributed by atoms with E-state index >= 15 is 0 Å². The Morgan fingerprint density at radius 2 is 2.07 bits per heavy atom. The molecule has 0 aliphatic carbocycles. The number of hydrogen-bond acceptors (Lipinski definition) is 2. The zero-order chi connectivity index (χ0) is 10.6. The van der Waals surface area contributed by atoms with E-state index in [0.717, 1.165) is 6.42 Å². The predicted molar refractivity (Wildman–Crippen MR) is 64.9 cm³/mol. The van der Waals surface area contributed by atoms with Gasteiger partial charge in [0.2, 0.25) is 0 Å². The highest BCUT2D eigenvalue weighted by molar-refractivity contribution is 7.12. The molecular weight excluding hydrogens is 190 g/mol. The van der Waals surface area contributed by atoms with Crippen molar-refractivity contribution in [2.75, 3.05) is 0 Å². The number of thiophene rings is 1. The number of nitrogens with two attached hydrogens (primary N) is 1. The molecule has 0 radical (unpaired) electrons. The molecule has 0 saturated heterocycles. The third-order valence-corrected chi connectivity index (χ3v) is 3.95. The molecule has 1 unspecified atom stereocenters. The van der Waals surface area contributed by atoms with Crippen LogP contribution in [-0.4, -0.2) is 0 Å². The van der Waals surface area contributed by atoms with Crippen molar-refractivity contribution in [3.8, 4) is 0 Å². The highest BCUT2D eigenvalue weighted by Crippen LogP contribution is 2.27. The lowest BCUT2D eigenvalue weighted by Gasteiger charge is -2.08. The van der Waals surface area contributed by atoms with Gasteiger partial charge in [-0.3, -0.25) is 0 Å². The van der Waals surface area contributed by atoms with Crippen LogP contribution in [0.15, 0.2) is 6.07 Å². The van der Waals surface area contributed by atoms with Crippen molar-refractivity contribution < 1.29 is 0 Å². The third kappa shape index (κ3) is 3.10. The van der Waals surface area contributed by atoms with E-state index < -0.39 is 0 Å². The Hall–Kier alpha value is -0.340. The second kappa shape index (κ2) is 5.52. The molecule has 0 aromatic carbocycles. The van der Waals surface area contributed by atoms with Crippen LogP contribution >= 0.6 is 11.3 Å². The fourth-order valence-electron chi connectivity index (χ4n) is 1.54. The smallest absolute Gasteiger partial charge is 0.0389 e. The quantitative estimate of drug-likeness (QED) is 0.733. The molecule has 1 rings (SSSR count). The molecule has 1 aromatic rings. The van der Waals surface area contributed by atoms with E-state index in [0.29, 0.717) is 0 Å². The van der Waals surface area contributed by atoms with Crippen LogP contribution in [0.5, 0.6) is 0 Å². The van der Waals surface area contributed by atoms with E-state index in [2.05, 4.69) is 26.8 Å². The summed E-state index contributed by atoms with van der Waals surface area (Å²) in [6.07, 6.45) is 4.97. The summed E-state index contributed by atoms with van der Waals surface area (Å²) < 4.78 is 0. The van der Waals surface area contributed by atoms with Gasteiger partial charge in [0.1, 0.15) is 0 Å². The first-order valence-electron chi connectivity index (χ1n) is 5.47. The number of unbranched alkanes of at least 4 members (excludes halogenated alkanes) is 2. The molecule has 0 saturated carbocycles. The van der Waals surface area contributed by atoms with Crippen LogP contribution in [0.25, 0.3) is 0 Å². The lowest BCUT2D eigenvalue weighted by atomic mass is 10.1. The zero-order valence-electron chi connectivity index (χ0n) is 9.47. The summed E-state index contributed by atoms with van der Waals surface area (Å²) in [5.74, 6) is 0. The van der Waals surface area contributed by atoms with Crippen molar-refractivity contribution in [1.82, 2.24) is 0 Å². The van der Waals surface area contributed by atoms with Crippen molar-refractivity contribution in [3.05, 3.63) is 21.4 Å². The molecule has 2 heteroatoms. The van der Waals surface area contributed by atoms with E-state index in [1.54, 1.807) is 0 Å². The van der Waals surface area contributed by atoms with Crippen LogP contribution in [-0.2, 0) is 0 Å². The van der Waals surface area contributed by atoms with Gasteiger partial charge in [-0.05, 0) is 31.9 Å². The lowest BCUT2D eigenvalue weighted by molar-refractivity contribution is 0.587. The van der Waals surface area contributed by atoms with Crippen molar-refractivity contribution in [3.63, 3.8) is 0 Å². The maximum Gasteiger partial charge on any atom is 0.0389 e. The van der Waals surface area contributed by atoms with E-state index in [9.17, 15) is 0 Å². The Morgan fingerprint density at radius 1 is 1.36 bits per heavy atom. The molecule has 0 bridgehead atoms. The molecule has 80 valence electrons. The summed E-state index contributed by atoms with van der Waals surface area (Å²) in [6, 6.07) is 2.51. The fourth-order valence-corrected chi connectivity index (χ4v) is 2.62. The van der Waals surface area contributed by atoms with Crippen LogP contribution in [0.2, 0.25) is 0 Å². The van der Waals surface area contributed by atoms with Gasteiger partial charge in [0.25, 0.3) is 0 Å². The standard InChI is InChI=1S/C12H21NS/c1-4-5-6-7-11(13)12-8-9(2)10(3)14-12/h8,11H,4-7,13H2,1-3H3. The minimum atomic E-state index is 0.263. The summed E-state index contributed by atoms with van der Waals surface area (Å²) in [4.78, 5) is 2.77. The van der Waals surface area contributed by atoms with Gasteiger partial charge in [-0.1, -0.05) is 26.2 Å². The Kier molecular flexibility index (Phi) is 4.63. The highest BCUT2D eigenvalue weighted by Gasteiger charge is 2.09. The maximum absolute atomic E-state index is 6.13. The molecule has 0 fully saturated rings. The average molecular weight is 211 g/mol. The Balaban J connectivity index is 2.47. The van der Waals surface area contributed by atoms with Gasteiger partial charge in [0.05, 0.1) is 0 Å². The van der Waals surface area contributed by atoms with Gasteiger partial charge in [-0.2, -0.15) is 0 Å². The number of aryl methyl sites for hydroxylation is 2. The monoisotopic (exact) mass is 211 g/mol. The van der Waals surface area contributed by atoms with E-state index in [4.69, 9.17) is 5.73 Å². The van der Waals surface area contributed by atoms with Crippen LogP contribution in [0.3, 0.4) is 0 Å². The van der Waals surface area contributed by atoms with Gasteiger partial charge in [-0.25, -0.2) is 0 Å². The SMILES string of the molecule is CCCCCC(N)c1cc(C)c(C)s1. The van der Waals surface area contributed by atoms with E-state index in [1.165, 1.54) is 34.6 Å². The van der Waals surface area contributed by atoms with Crippen molar-refractivity contribution >= 4 is 11.3 Å². The molecule has 0 aliphatic rings. The molecule has 0 aliphatic heterocycles. The Morgan fingerprint density at radius 3 is 2.57 bits per heavy atom. The predicted octanol–water partition coefficient (Wildman–Crippen LogP) is 3.95. The molecule has 0 amide bonds. The summed E-state index contributed by atoms with van der Waals surface area (Å²) in [5.41, 5.74) is 7.51. The van der Waals surface area contributed by atoms with E-state index in [-0.39, 0.29) is 6.04 Å². The molecule has 1 aromatic heterocycles. The summed E-state index contributed by atoms with van der Waals surface area (Å²) in [5, 5.41) is 0. The Labute approximate surface area is 91.3 Å². The van der Waals surface area contributed by atoms with Gasteiger partial charge in [0.15, 0.2) is 0 Å². The number of hydrogen-bond donors (Lipinski definition) is 1. The van der Waals surface area contributed by atoms with Gasteiger partial charge in [0, 0.05) is 15.8 Å². The second-order valence-electron chi connectivity index (χ2n) is 3.99. The summed E-state index contributed by atoms with van der Waals surface area (Å²) in [6.45, 7) is 6.56. The first-order chi connectivity index (χ1) is 6.65. The average Bonchev–Trinajstić information content (AvgIpc) is 2.47. The van der Waals surface area contributed by atoms with Crippen molar-refractivity contribution in [2.45, 2.75) is 52.5 Å². The van der Waals surface area contributed by atoms with Gasteiger partial charge in [-0.15, -0.1) is 11.3 Å². The minimum Gasteiger partial charge on any atom is -0.323 e. The Bertz CT molecular complexity index is 258. The molecular formula is C12H21NS. The first kappa shape index (κ1) is 11.7. The van der Waals surface area contributed by atoms with Gasteiger partial charge < -0.3 is 5.73 Å². The van der Waals surface area contributed by atoms with Crippen molar-refractivity contribution in [1.29, 1.82) is 0 Å². The van der Waals surface area contributed by atoms with E-state index in [1.807, 2.05) is 11.3 Å². The molecule has 2 N–H and O–H groups in total. The molecule has 14 heavy (non-hydrogen) atoms. The van der Waals surface area contributed by atoms with Crippen LogP contribution in [0, 0.1) is 13.8 Å². The largest absolute Gasteiger partial charge is 0.323 e. The van der Waals surface area contributed by atoms with Crippen LogP contribution < -0.4 is 5.73 Å². The zero-order valence-corrected chi connectivity index (χ0v) is 10.3. The van der Waals surface area contributed by atoms with Gasteiger partial charge >= 0.3 is 0 Å². The normalized spacial score (nSPS) is 13.1. The van der Waals surface area contributed by atoms with Crippen LogP contribution in [0.4, 0.5) is 0 Å². The molecule has 0 spiro atoms. The first-order valence-corrected chi connectivity index (χ1v) is 6.29. The topological polar surface area (TPSA) is 26.0 Å². The molecule has 1 atom stereocenters. The summed E-state index contributed by atoms with van der Waals surface area (Å²) >= 11 is 1.86. The molecule has 1 heterocycles.